The van der Waals surface area contributed by atoms with Gasteiger partial charge in [-0.05, 0) is 36.2 Å². The second-order valence-corrected chi connectivity index (χ2v) is 7.68. The molecule has 0 aromatic heterocycles. The summed E-state index contributed by atoms with van der Waals surface area (Å²) >= 11 is 0. The normalized spacial score (nSPS) is 28.4. The van der Waals surface area contributed by atoms with Gasteiger partial charge in [0.15, 0.2) is 5.72 Å². The van der Waals surface area contributed by atoms with Gasteiger partial charge < -0.3 is 9.47 Å². The number of hydrogen-bond donors (Lipinski definition) is 0. The first-order valence-electron chi connectivity index (χ1n) is 9.67. The van der Waals surface area contributed by atoms with Gasteiger partial charge in [-0.25, -0.2) is 10.0 Å². The first-order chi connectivity index (χ1) is 14.0. The summed E-state index contributed by atoms with van der Waals surface area (Å²) in [4.78, 5) is 23.4. The summed E-state index contributed by atoms with van der Waals surface area (Å²) in [5.41, 5.74) is 0.906. The third kappa shape index (κ3) is 2.63. The van der Waals surface area contributed by atoms with Gasteiger partial charge >= 0.3 is 0 Å². The van der Waals surface area contributed by atoms with Crippen molar-refractivity contribution in [2.45, 2.75) is 24.7 Å². The van der Waals surface area contributed by atoms with E-state index in [0.717, 1.165) is 29.8 Å². The van der Waals surface area contributed by atoms with Crippen LogP contribution in [0.3, 0.4) is 0 Å². The largest absolute Gasteiger partial charge is 0.497 e. The molecular formula is C21H21N3O5. The lowest BCUT2D eigenvalue weighted by Gasteiger charge is -2.38. The molecule has 150 valence electrons. The van der Waals surface area contributed by atoms with E-state index in [-0.39, 0.29) is 23.6 Å². The molecule has 1 amide bonds. The third-order valence-corrected chi connectivity index (χ3v) is 6.20. The van der Waals surface area contributed by atoms with Crippen LogP contribution in [0.1, 0.15) is 30.1 Å². The fraction of sp³-hybridized carbons (Fsp3) is 0.381. The maximum absolute atomic E-state index is 12.8. The van der Waals surface area contributed by atoms with E-state index in [9.17, 15) is 14.9 Å². The molecule has 0 unspecified atom stereocenters. The van der Waals surface area contributed by atoms with E-state index in [1.807, 2.05) is 24.3 Å². The number of hydrazine groups is 1. The standard InChI is InChI=1S/C21H21N3O5/c1-28-18-8-2-14(3-9-18)19-12-16-13-22-11-10-20(25)23(22)21(16,29-19)15-4-6-17(7-5-15)24(26)27/h2-9,16,19H,10-13H2,1H3/t16-,19-,21+/m0/s1. The minimum atomic E-state index is -0.923. The molecule has 3 heterocycles. The van der Waals surface area contributed by atoms with Gasteiger partial charge in [0.2, 0.25) is 5.91 Å². The van der Waals surface area contributed by atoms with Crippen molar-refractivity contribution < 1.29 is 19.2 Å². The number of amides is 1. The first-order valence-corrected chi connectivity index (χ1v) is 9.67. The van der Waals surface area contributed by atoms with Gasteiger partial charge in [-0.15, -0.1) is 0 Å². The minimum absolute atomic E-state index is 0.0222. The number of nitrogens with zero attached hydrogens (tertiary/aromatic N) is 3. The van der Waals surface area contributed by atoms with Crippen LogP contribution < -0.4 is 4.74 Å². The van der Waals surface area contributed by atoms with Crippen LogP contribution in [0.5, 0.6) is 5.75 Å². The van der Waals surface area contributed by atoms with Gasteiger partial charge in [0.1, 0.15) is 5.75 Å². The molecule has 5 rings (SSSR count). The third-order valence-electron chi connectivity index (χ3n) is 6.20. The van der Waals surface area contributed by atoms with Crippen molar-refractivity contribution in [3.63, 3.8) is 0 Å². The lowest BCUT2D eigenvalue weighted by Crippen LogP contribution is -2.48. The Morgan fingerprint density at radius 2 is 1.90 bits per heavy atom. The first kappa shape index (κ1) is 18.1. The fourth-order valence-corrected chi connectivity index (χ4v) is 4.88. The van der Waals surface area contributed by atoms with Crippen LogP contribution in [-0.2, 0) is 15.3 Å². The van der Waals surface area contributed by atoms with Gasteiger partial charge in [-0.3, -0.25) is 14.9 Å². The number of non-ortho nitro benzene ring substituents is 1. The van der Waals surface area contributed by atoms with Crippen molar-refractivity contribution in [2.24, 2.45) is 5.92 Å². The zero-order valence-corrected chi connectivity index (χ0v) is 16.0. The number of fused-ring (bicyclic) bond motifs is 3. The highest BCUT2D eigenvalue weighted by atomic mass is 16.6. The predicted molar refractivity (Wildman–Crippen MR) is 103 cm³/mol. The van der Waals surface area contributed by atoms with Crippen molar-refractivity contribution in [1.82, 2.24) is 10.0 Å². The lowest BCUT2D eigenvalue weighted by atomic mass is 9.87. The number of rotatable bonds is 4. The molecular weight excluding hydrogens is 374 g/mol. The minimum Gasteiger partial charge on any atom is -0.497 e. The van der Waals surface area contributed by atoms with Crippen LogP contribution in [0, 0.1) is 16.0 Å². The summed E-state index contributed by atoms with van der Waals surface area (Å²) in [6, 6.07) is 14.2. The number of hydrogen-bond acceptors (Lipinski definition) is 6. The predicted octanol–water partition coefficient (Wildman–Crippen LogP) is 3.00. The molecule has 3 saturated heterocycles. The summed E-state index contributed by atoms with van der Waals surface area (Å²) < 4.78 is 11.9. The smallest absolute Gasteiger partial charge is 0.269 e. The Bertz CT molecular complexity index is 961. The SMILES string of the molecule is COc1ccc([C@@H]2C[C@H]3CN4CCC(=O)N4[C@]3(c3ccc([N+](=O)[O-])cc3)O2)cc1. The Morgan fingerprint density at radius 3 is 2.55 bits per heavy atom. The molecule has 3 fully saturated rings. The number of ether oxygens (including phenoxy) is 2. The van der Waals surface area contributed by atoms with Crippen LogP contribution in [0.15, 0.2) is 48.5 Å². The van der Waals surface area contributed by atoms with Crippen molar-refractivity contribution in [2.75, 3.05) is 20.2 Å². The summed E-state index contributed by atoms with van der Waals surface area (Å²) in [5, 5.41) is 14.9. The molecule has 8 nitrogen and oxygen atoms in total. The van der Waals surface area contributed by atoms with E-state index in [1.54, 1.807) is 24.3 Å². The molecule has 3 atom stereocenters. The van der Waals surface area contributed by atoms with E-state index in [2.05, 4.69) is 5.01 Å². The molecule has 0 aliphatic carbocycles. The molecule has 3 aliphatic rings. The molecule has 0 N–H and O–H groups in total. The molecule has 29 heavy (non-hydrogen) atoms. The number of carbonyl (C=O) groups is 1. The lowest BCUT2D eigenvalue weighted by molar-refractivity contribution is -0.384. The van der Waals surface area contributed by atoms with Crippen LogP contribution >= 0.6 is 0 Å². The van der Waals surface area contributed by atoms with Crippen molar-refractivity contribution in [3.05, 3.63) is 69.8 Å². The second-order valence-electron chi connectivity index (χ2n) is 7.68. The monoisotopic (exact) mass is 395 g/mol. The maximum Gasteiger partial charge on any atom is 0.269 e. The summed E-state index contributed by atoms with van der Waals surface area (Å²) in [7, 11) is 1.63. The topological polar surface area (TPSA) is 85.2 Å². The summed E-state index contributed by atoms with van der Waals surface area (Å²) in [6.07, 6.45) is 1.05. The average molecular weight is 395 g/mol. The quantitative estimate of drug-likeness (QED) is 0.584. The molecule has 0 spiro atoms. The van der Waals surface area contributed by atoms with Crippen LogP contribution in [0.25, 0.3) is 0 Å². The van der Waals surface area contributed by atoms with Crippen LogP contribution in [0.4, 0.5) is 5.69 Å². The molecule has 0 saturated carbocycles. The maximum atomic E-state index is 12.8. The highest BCUT2D eigenvalue weighted by Gasteiger charge is 2.63. The van der Waals surface area contributed by atoms with Crippen molar-refractivity contribution in [1.29, 1.82) is 0 Å². The number of nitro groups is 1. The molecule has 2 aromatic carbocycles. The summed E-state index contributed by atoms with van der Waals surface area (Å²) in [6.45, 7) is 1.41. The highest BCUT2D eigenvalue weighted by molar-refractivity contribution is 5.79. The number of methoxy groups -OCH3 is 1. The Labute approximate surface area is 167 Å². The Hall–Kier alpha value is -2.97. The van der Waals surface area contributed by atoms with E-state index in [0.29, 0.717) is 13.0 Å². The van der Waals surface area contributed by atoms with Crippen molar-refractivity contribution >= 4 is 11.6 Å². The van der Waals surface area contributed by atoms with Crippen LogP contribution in [-0.4, -0.2) is 41.0 Å². The second kappa shape index (κ2) is 6.53. The number of nitro benzene ring substituents is 1. The molecule has 8 heteroatoms. The highest BCUT2D eigenvalue weighted by Crippen LogP contribution is 2.57. The Morgan fingerprint density at radius 1 is 1.17 bits per heavy atom. The zero-order valence-electron chi connectivity index (χ0n) is 16.0. The van der Waals surface area contributed by atoms with Gasteiger partial charge in [-0.2, -0.15) is 0 Å². The van der Waals surface area contributed by atoms with Crippen LogP contribution in [0.2, 0.25) is 0 Å². The number of carbonyl (C=O) groups excluding carboxylic acids is 1. The van der Waals surface area contributed by atoms with Gasteiger partial charge in [0, 0.05) is 43.1 Å². The fourth-order valence-electron chi connectivity index (χ4n) is 4.88. The van der Waals surface area contributed by atoms with E-state index in [4.69, 9.17) is 9.47 Å². The molecule has 2 aromatic rings. The molecule has 3 aliphatic heterocycles. The summed E-state index contributed by atoms with van der Waals surface area (Å²) in [5.74, 6) is 0.888. The van der Waals surface area contributed by atoms with E-state index >= 15 is 0 Å². The Kier molecular flexibility index (Phi) is 4.07. The zero-order chi connectivity index (χ0) is 20.2. The Balaban J connectivity index is 1.55. The van der Waals surface area contributed by atoms with E-state index in [1.165, 1.54) is 12.1 Å². The van der Waals surface area contributed by atoms with Gasteiger partial charge in [-0.1, -0.05) is 12.1 Å². The van der Waals surface area contributed by atoms with E-state index < -0.39 is 10.6 Å². The van der Waals surface area contributed by atoms with Gasteiger partial charge in [0.25, 0.3) is 5.69 Å². The number of benzene rings is 2. The van der Waals surface area contributed by atoms with Crippen molar-refractivity contribution in [3.8, 4) is 5.75 Å². The molecule has 0 radical (unpaired) electrons. The molecule has 0 bridgehead atoms. The average Bonchev–Trinajstić information content (AvgIpc) is 3.37. The van der Waals surface area contributed by atoms with Gasteiger partial charge in [0.05, 0.1) is 18.1 Å².